The van der Waals surface area contributed by atoms with Gasteiger partial charge in [0.25, 0.3) is 0 Å². The third-order valence-electron chi connectivity index (χ3n) is 4.44. The van der Waals surface area contributed by atoms with Gasteiger partial charge in [-0.15, -0.1) is 12.4 Å². The summed E-state index contributed by atoms with van der Waals surface area (Å²) in [6.07, 6.45) is 5.51. The molecule has 0 aliphatic heterocycles. The Balaban J connectivity index is 0.00000288. The van der Waals surface area contributed by atoms with Gasteiger partial charge in [-0.05, 0) is 43.0 Å². The summed E-state index contributed by atoms with van der Waals surface area (Å²) in [6.45, 7) is 1.84. The lowest BCUT2D eigenvalue weighted by atomic mass is 9.71. The van der Waals surface area contributed by atoms with Crippen molar-refractivity contribution in [3.8, 4) is 0 Å². The molecule has 0 aromatic heterocycles. The highest BCUT2D eigenvalue weighted by Crippen LogP contribution is 2.38. The second-order valence-corrected chi connectivity index (χ2v) is 6.37. The Labute approximate surface area is 148 Å². The number of hydrogen-bond acceptors (Lipinski definition) is 3. The first-order chi connectivity index (χ1) is 10.9. The normalized spacial score (nSPS) is 16.0. The van der Waals surface area contributed by atoms with E-state index in [-0.39, 0.29) is 35.3 Å². The van der Waals surface area contributed by atoms with Crippen LogP contribution in [-0.4, -0.2) is 18.4 Å². The minimum Gasteiger partial charge on any atom is -0.330 e. The largest absolute Gasteiger partial charge is 0.330 e. The van der Waals surface area contributed by atoms with Crippen molar-refractivity contribution in [2.45, 2.75) is 45.4 Å². The molecule has 0 unspecified atom stereocenters. The molecule has 0 saturated heterocycles. The lowest BCUT2D eigenvalue weighted by molar-refractivity contribution is -0.119. The molecule has 1 fully saturated rings. The molecule has 0 bridgehead atoms. The van der Waals surface area contributed by atoms with Crippen LogP contribution in [0.1, 0.15) is 45.4 Å². The zero-order chi connectivity index (χ0) is 16.9. The molecule has 7 heteroatoms. The summed E-state index contributed by atoms with van der Waals surface area (Å²) in [5.41, 5.74) is 6.23. The lowest BCUT2D eigenvalue weighted by Crippen LogP contribution is -2.36. The predicted octanol–water partition coefficient (Wildman–Crippen LogP) is 3.44. The third-order valence-corrected chi connectivity index (χ3v) is 4.44. The zero-order valence-corrected chi connectivity index (χ0v) is 14.7. The molecule has 0 heterocycles. The van der Waals surface area contributed by atoms with E-state index in [9.17, 15) is 14.0 Å². The summed E-state index contributed by atoms with van der Waals surface area (Å²) >= 11 is 0. The van der Waals surface area contributed by atoms with E-state index in [1.54, 1.807) is 0 Å². The van der Waals surface area contributed by atoms with Crippen LogP contribution in [0.15, 0.2) is 18.2 Å². The second kappa shape index (κ2) is 8.99. The van der Waals surface area contributed by atoms with Crippen LogP contribution in [0.5, 0.6) is 0 Å². The van der Waals surface area contributed by atoms with Crippen LogP contribution in [0.2, 0.25) is 0 Å². The van der Waals surface area contributed by atoms with Crippen LogP contribution in [0.3, 0.4) is 0 Å². The van der Waals surface area contributed by atoms with Gasteiger partial charge in [-0.3, -0.25) is 9.59 Å². The van der Waals surface area contributed by atoms with Gasteiger partial charge in [-0.25, -0.2) is 4.39 Å². The van der Waals surface area contributed by atoms with E-state index in [1.165, 1.54) is 31.5 Å². The van der Waals surface area contributed by atoms with Crippen LogP contribution < -0.4 is 16.4 Å². The first kappa shape index (κ1) is 20.4. The molecule has 2 amide bonds. The number of amides is 2. The van der Waals surface area contributed by atoms with Gasteiger partial charge in [0.2, 0.25) is 11.8 Å². The first-order valence-corrected chi connectivity index (χ1v) is 8.01. The topological polar surface area (TPSA) is 84.2 Å². The number of rotatable bonds is 5. The molecule has 1 aromatic carbocycles. The average Bonchev–Trinajstić information content (AvgIpc) is 2.51. The molecule has 1 aliphatic rings. The maximum Gasteiger partial charge on any atom is 0.225 e. The Morgan fingerprint density at radius 3 is 2.46 bits per heavy atom. The molecule has 0 atom stereocenters. The molecule has 1 aliphatic carbocycles. The molecular weight excluding hydrogens is 333 g/mol. The maximum absolute atomic E-state index is 13.9. The molecule has 0 radical (unpaired) electrons. The SMILES string of the molecule is CC(=O)Nc1ccc(F)c(NC(=O)CC2(CN)CCCCC2)c1.Cl. The van der Waals surface area contributed by atoms with E-state index in [0.29, 0.717) is 18.7 Å². The predicted molar refractivity (Wildman–Crippen MR) is 95.8 cm³/mol. The fourth-order valence-electron chi connectivity index (χ4n) is 3.19. The van der Waals surface area contributed by atoms with Gasteiger partial charge in [0.1, 0.15) is 5.82 Å². The minimum atomic E-state index is -0.530. The number of nitrogens with one attached hydrogen (secondary N) is 2. The van der Waals surface area contributed by atoms with Crippen molar-refractivity contribution in [2.24, 2.45) is 11.1 Å². The minimum absolute atomic E-state index is 0. The zero-order valence-electron chi connectivity index (χ0n) is 13.9. The van der Waals surface area contributed by atoms with Gasteiger partial charge in [0.05, 0.1) is 5.69 Å². The van der Waals surface area contributed by atoms with Crippen LogP contribution >= 0.6 is 12.4 Å². The summed E-state index contributed by atoms with van der Waals surface area (Å²) < 4.78 is 13.9. The van der Waals surface area contributed by atoms with Crippen molar-refractivity contribution in [3.05, 3.63) is 24.0 Å². The number of benzene rings is 1. The summed E-state index contributed by atoms with van der Waals surface area (Å²) in [6, 6.07) is 4.10. The number of carbonyl (C=O) groups is 2. The van der Waals surface area contributed by atoms with Crippen LogP contribution in [0.4, 0.5) is 15.8 Å². The summed E-state index contributed by atoms with van der Waals surface area (Å²) in [5, 5.41) is 5.18. The fraction of sp³-hybridized carbons (Fsp3) is 0.529. The number of carbonyl (C=O) groups excluding carboxylic acids is 2. The van der Waals surface area contributed by atoms with Gasteiger partial charge < -0.3 is 16.4 Å². The van der Waals surface area contributed by atoms with Gasteiger partial charge in [0.15, 0.2) is 0 Å². The Morgan fingerprint density at radius 1 is 1.21 bits per heavy atom. The van der Waals surface area contributed by atoms with Crippen LogP contribution in [0.25, 0.3) is 0 Å². The summed E-state index contributed by atoms with van der Waals surface area (Å²) in [5.74, 6) is -1.02. The van der Waals surface area contributed by atoms with Gasteiger partial charge in [-0.1, -0.05) is 19.3 Å². The molecule has 5 nitrogen and oxygen atoms in total. The molecule has 134 valence electrons. The number of nitrogens with two attached hydrogens (primary N) is 1. The molecule has 24 heavy (non-hydrogen) atoms. The molecule has 1 saturated carbocycles. The van der Waals surface area contributed by atoms with Crippen molar-refractivity contribution >= 4 is 35.6 Å². The number of halogens is 2. The van der Waals surface area contributed by atoms with Crippen molar-refractivity contribution < 1.29 is 14.0 Å². The highest BCUT2D eigenvalue weighted by atomic mass is 35.5. The third kappa shape index (κ3) is 5.46. The van der Waals surface area contributed by atoms with Gasteiger partial charge >= 0.3 is 0 Å². The van der Waals surface area contributed by atoms with E-state index >= 15 is 0 Å². The lowest BCUT2D eigenvalue weighted by Gasteiger charge is -2.35. The Bertz CT molecular complexity index is 589. The quantitative estimate of drug-likeness (QED) is 0.754. The van der Waals surface area contributed by atoms with Crippen molar-refractivity contribution in [2.75, 3.05) is 17.2 Å². The van der Waals surface area contributed by atoms with Crippen molar-refractivity contribution in [1.82, 2.24) is 0 Å². The van der Waals surface area contributed by atoms with E-state index < -0.39 is 5.82 Å². The highest BCUT2D eigenvalue weighted by molar-refractivity contribution is 5.93. The standard InChI is InChI=1S/C17H24FN3O2.ClH/c1-12(22)20-13-5-6-14(18)15(9-13)21-16(23)10-17(11-19)7-3-2-4-8-17;/h5-6,9H,2-4,7-8,10-11,19H2,1H3,(H,20,22)(H,21,23);1H. The molecular formula is C17H25ClFN3O2. The summed E-state index contributed by atoms with van der Waals surface area (Å²) in [7, 11) is 0. The highest BCUT2D eigenvalue weighted by Gasteiger charge is 2.33. The van der Waals surface area contributed by atoms with E-state index in [2.05, 4.69) is 10.6 Å². The smallest absolute Gasteiger partial charge is 0.225 e. The van der Waals surface area contributed by atoms with Crippen LogP contribution in [0, 0.1) is 11.2 Å². The van der Waals surface area contributed by atoms with E-state index in [4.69, 9.17) is 5.73 Å². The Morgan fingerprint density at radius 2 is 1.88 bits per heavy atom. The average molecular weight is 358 g/mol. The molecule has 4 N–H and O–H groups in total. The van der Waals surface area contributed by atoms with Crippen LogP contribution in [-0.2, 0) is 9.59 Å². The second-order valence-electron chi connectivity index (χ2n) is 6.37. The van der Waals surface area contributed by atoms with Crippen molar-refractivity contribution in [1.29, 1.82) is 0 Å². The number of anilines is 2. The van der Waals surface area contributed by atoms with E-state index in [0.717, 1.165) is 25.7 Å². The fourth-order valence-corrected chi connectivity index (χ4v) is 3.19. The Hall–Kier alpha value is -1.66. The molecule has 2 rings (SSSR count). The van der Waals surface area contributed by atoms with Gasteiger partial charge in [-0.2, -0.15) is 0 Å². The van der Waals surface area contributed by atoms with Crippen molar-refractivity contribution in [3.63, 3.8) is 0 Å². The Kier molecular flexibility index (Phi) is 7.63. The molecule has 0 spiro atoms. The summed E-state index contributed by atoms with van der Waals surface area (Å²) in [4.78, 5) is 23.4. The number of hydrogen-bond donors (Lipinski definition) is 3. The van der Waals surface area contributed by atoms with E-state index in [1.807, 2.05) is 0 Å². The molecule has 1 aromatic rings. The monoisotopic (exact) mass is 357 g/mol. The maximum atomic E-state index is 13.9. The van der Waals surface area contributed by atoms with Gasteiger partial charge in [0, 0.05) is 19.0 Å². The first-order valence-electron chi connectivity index (χ1n) is 8.01.